The molecule has 0 aliphatic rings. The Morgan fingerprint density at radius 2 is 1.88 bits per heavy atom. The molecule has 0 spiro atoms. The number of anilines is 2. The zero-order chi connectivity index (χ0) is 19.6. The summed E-state index contributed by atoms with van der Waals surface area (Å²) in [6.45, 7) is 3.19. The molecule has 0 radical (unpaired) electrons. The normalized spacial score (nSPS) is 11.7. The topological polar surface area (TPSA) is 92.4 Å². The van der Waals surface area contributed by atoms with Crippen LogP contribution >= 0.6 is 22.6 Å². The van der Waals surface area contributed by atoms with Crippen molar-refractivity contribution in [3.05, 3.63) is 69.1 Å². The van der Waals surface area contributed by atoms with Crippen molar-refractivity contribution >= 4 is 45.7 Å². The summed E-state index contributed by atoms with van der Waals surface area (Å²) >= 11 is 1.85. The first-order chi connectivity index (χ1) is 12.2. The van der Waals surface area contributed by atoms with E-state index in [0.717, 1.165) is 18.2 Å². The molecule has 0 fully saturated rings. The molecular weight excluding hydrogens is 464 g/mol. The zero-order valence-corrected chi connectivity index (χ0v) is 15.2. The molecule has 26 heavy (non-hydrogen) atoms. The Bertz CT molecular complexity index is 919. The van der Waals surface area contributed by atoms with Crippen LogP contribution in [0.2, 0.25) is 0 Å². The molecule has 2 aromatic carbocycles. The monoisotopic (exact) mass is 476 g/mol. The first-order valence-corrected chi connectivity index (χ1v) is 8.14. The molecule has 0 saturated heterocycles. The number of carboxylic acids is 1. The van der Waals surface area contributed by atoms with E-state index in [-0.39, 0.29) is 5.69 Å². The minimum Gasteiger partial charge on any atom is -0.478 e. The molecule has 0 aliphatic heterocycles. The quantitative estimate of drug-likeness (QED) is 0.435. The van der Waals surface area contributed by atoms with Gasteiger partial charge in [-0.25, -0.2) is 18.0 Å². The summed E-state index contributed by atoms with van der Waals surface area (Å²) in [7, 11) is 0. The lowest BCUT2D eigenvalue weighted by Crippen LogP contribution is -2.22. The molecule has 0 heterocycles. The number of aromatic carboxylic acids is 1. The van der Waals surface area contributed by atoms with Gasteiger partial charge < -0.3 is 16.2 Å². The summed E-state index contributed by atoms with van der Waals surface area (Å²) in [6, 6.07) is 2.99. The van der Waals surface area contributed by atoms with Crippen molar-refractivity contribution in [2.75, 3.05) is 5.32 Å². The van der Waals surface area contributed by atoms with Gasteiger partial charge in [0.15, 0.2) is 17.4 Å². The van der Waals surface area contributed by atoms with Gasteiger partial charge in [0, 0.05) is 9.13 Å². The largest absolute Gasteiger partial charge is 0.478 e. The van der Waals surface area contributed by atoms with Crippen LogP contribution in [-0.2, 0) is 4.79 Å². The summed E-state index contributed by atoms with van der Waals surface area (Å²) < 4.78 is 43.3. The molecule has 0 saturated carbocycles. The lowest BCUT2D eigenvalue weighted by Gasteiger charge is -2.17. The summed E-state index contributed by atoms with van der Waals surface area (Å²) in [6.07, 6.45) is 0.815. The molecule has 2 rings (SSSR count). The number of halogens is 4. The maximum atomic E-state index is 14.5. The van der Waals surface area contributed by atoms with Gasteiger partial charge in [0.2, 0.25) is 0 Å². The van der Waals surface area contributed by atoms with E-state index in [4.69, 9.17) is 5.73 Å². The van der Waals surface area contributed by atoms with Gasteiger partial charge in [-0.1, -0.05) is 6.58 Å². The van der Waals surface area contributed by atoms with Crippen LogP contribution in [0.1, 0.15) is 22.0 Å². The van der Waals surface area contributed by atoms with Crippen molar-refractivity contribution in [2.45, 2.75) is 6.04 Å². The number of hydrogen-bond donors (Lipinski definition) is 3. The fourth-order valence-electron chi connectivity index (χ4n) is 2.17. The Hall–Kier alpha value is -2.40. The third-order valence-electron chi connectivity index (χ3n) is 3.50. The van der Waals surface area contributed by atoms with Gasteiger partial charge in [-0.15, -0.1) is 0 Å². The van der Waals surface area contributed by atoms with Crippen molar-refractivity contribution in [1.29, 1.82) is 0 Å². The first-order valence-electron chi connectivity index (χ1n) is 7.06. The molecule has 0 amide bonds. The van der Waals surface area contributed by atoms with Crippen molar-refractivity contribution < 1.29 is 27.9 Å². The van der Waals surface area contributed by atoms with Crippen molar-refractivity contribution in [1.82, 2.24) is 0 Å². The van der Waals surface area contributed by atoms with E-state index in [1.807, 2.05) is 22.6 Å². The van der Waals surface area contributed by atoms with E-state index in [0.29, 0.717) is 3.57 Å². The number of carbonyl (C=O) groups is 2. The summed E-state index contributed by atoms with van der Waals surface area (Å²) in [4.78, 5) is 23.0. The molecule has 0 aromatic heterocycles. The maximum Gasteiger partial charge on any atom is 0.337 e. The van der Waals surface area contributed by atoms with Gasteiger partial charge in [0.05, 0.1) is 23.0 Å². The van der Waals surface area contributed by atoms with E-state index >= 15 is 0 Å². The molecule has 0 bridgehead atoms. The number of rotatable bonds is 6. The van der Waals surface area contributed by atoms with E-state index in [1.165, 1.54) is 12.1 Å². The minimum absolute atomic E-state index is 0.245. The summed E-state index contributed by atoms with van der Waals surface area (Å²) in [5.41, 5.74) is 3.16. The zero-order valence-electron chi connectivity index (χ0n) is 13.0. The Labute approximate surface area is 159 Å². The Balaban J connectivity index is 2.62. The van der Waals surface area contributed by atoms with E-state index < -0.39 is 52.1 Å². The van der Waals surface area contributed by atoms with Crippen molar-refractivity contribution in [3.8, 4) is 0 Å². The molecule has 136 valence electrons. The summed E-state index contributed by atoms with van der Waals surface area (Å²) in [5.74, 6) is -6.31. The highest BCUT2D eigenvalue weighted by Crippen LogP contribution is 2.32. The molecule has 4 N–H and O–H groups in total. The maximum absolute atomic E-state index is 14.5. The smallest absolute Gasteiger partial charge is 0.337 e. The van der Waals surface area contributed by atoms with Gasteiger partial charge in [-0.3, -0.25) is 4.79 Å². The van der Waals surface area contributed by atoms with Gasteiger partial charge >= 0.3 is 5.97 Å². The van der Waals surface area contributed by atoms with Crippen molar-refractivity contribution in [2.24, 2.45) is 5.73 Å². The molecule has 1 atom stereocenters. The van der Waals surface area contributed by atoms with Gasteiger partial charge in [-0.2, -0.15) is 0 Å². The van der Waals surface area contributed by atoms with E-state index in [2.05, 4.69) is 11.9 Å². The number of benzene rings is 2. The summed E-state index contributed by atoms with van der Waals surface area (Å²) in [5, 5.41) is 11.6. The fourth-order valence-corrected chi connectivity index (χ4v) is 2.62. The average Bonchev–Trinajstić information content (AvgIpc) is 2.59. The Morgan fingerprint density at radius 1 is 1.23 bits per heavy atom. The number of hydrogen-bond acceptors (Lipinski definition) is 4. The van der Waals surface area contributed by atoms with Crippen molar-refractivity contribution in [3.63, 3.8) is 0 Å². The molecular formula is C17H12F3IN2O3. The van der Waals surface area contributed by atoms with Crippen LogP contribution < -0.4 is 11.1 Å². The number of nitrogens with two attached hydrogens (primary N) is 1. The second-order valence-corrected chi connectivity index (χ2v) is 6.40. The molecule has 1 unspecified atom stereocenters. The van der Waals surface area contributed by atoms with Gasteiger partial charge in [0.25, 0.3) is 0 Å². The highest BCUT2D eigenvalue weighted by Gasteiger charge is 2.27. The van der Waals surface area contributed by atoms with Crippen LogP contribution in [0.4, 0.5) is 24.5 Å². The average molecular weight is 476 g/mol. The third-order valence-corrected chi connectivity index (χ3v) is 4.17. The Kier molecular flexibility index (Phi) is 6.03. The van der Waals surface area contributed by atoms with Gasteiger partial charge in [-0.05, 0) is 52.9 Å². The highest BCUT2D eigenvalue weighted by atomic mass is 127. The SMILES string of the molecule is C=CC(=O)C(N)c1cc(C(=O)O)c(Nc2ccc(I)cc2F)c(F)c1F. The second kappa shape index (κ2) is 7.87. The molecule has 2 aromatic rings. The third kappa shape index (κ3) is 3.88. The molecule has 5 nitrogen and oxygen atoms in total. The van der Waals surface area contributed by atoms with Gasteiger partial charge in [0.1, 0.15) is 5.82 Å². The van der Waals surface area contributed by atoms with Crippen LogP contribution in [0.3, 0.4) is 0 Å². The van der Waals surface area contributed by atoms with Crippen LogP contribution in [0.5, 0.6) is 0 Å². The molecule has 0 aliphatic carbocycles. The second-order valence-electron chi connectivity index (χ2n) is 5.15. The number of carboxylic acid groups (broad SMARTS) is 1. The van der Waals surface area contributed by atoms with E-state index in [1.54, 1.807) is 0 Å². The standard InChI is InChI=1S/C17H12F3IN2O3/c1-2-12(24)15(22)8-6-9(17(25)26)16(14(20)13(8)19)23-11-4-3-7(21)5-10(11)18/h2-6,15,23H,1,22H2,(H,25,26). The Morgan fingerprint density at radius 3 is 2.42 bits per heavy atom. The fraction of sp³-hybridized carbons (Fsp3) is 0.0588. The lowest BCUT2D eigenvalue weighted by molar-refractivity contribution is -0.115. The number of nitrogens with one attached hydrogen (secondary N) is 1. The highest BCUT2D eigenvalue weighted by molar-refractivity contribution is 14.1. The first kappa shape index (κ1) is 19.9. The number of ketones is 1. The molecule has 9 heteroatoms. The predicted octanol–water partition coefficient (Wildman–Crippen LogP) is 3.91. The minimum atomic E-state index is -1.62. The van der Waals surface area contributed by atoms with Crippen LogP contribution in [0.15, 0.2) is 36.9 Å². The van der Waals surface area contributed by atoms with Crippen LogP contribution in [-0.4, -0.2) is 16.9 Å². The van der Waals surface area contributed by atoms with Crippen LogP contribution in [0, 0.1) is 21.0 Å². The van der Waals surface area contributed by atoms with Crippen LogP contribution in [0.25, 0.3) is 0 Å². The predicted molar refractivity (Wildman–Crippen MR) is 97.8 cm³/mol. The van der Waals surface area contributed by atoms with E-state index in [9.17, 15) is 27.9 Å². The number of carbonyl (C=O) groups excluding carboxylic acids is 1. The lowest BCUT2D eigenvalue weighted by atomic mass is 9.98.